The lowest BCUT2D eigenvalue weighted by atomic mass is 10.1. The van der Waals surface area contributed by atoms with Crippen LogP contribution >= 0.6 is 0 Å². The molecule has 17 heavy (non-hydrogen) atoms. The molecule has 2 rings (SSSR count). The van der Waals surface area contributed by atoms with Gasteiger partial charge in [-0.2, -0.15) is 0 Å². The minimum absolute atomic E-state index is 0.489. The van der Waals surface area contributed by atoms with Crippen LogP contribution in [0, 0.1) is 13.8 Å². The normalized spacial score (nSPS) is 17.5. The van der Waals surface area contributed by atoms with Gasteiger partial charge in [0.05, 0.1) is 6.10 Å². The number of piperidine rings is 1. The van der Waals surface area contributed by atoms with Crippen LogP contribution < -0.4 is 5.32 Å². The molecular weight excluding hydrogens is 212 g/mol. The van der Waals surface area contributed by atoms with E-state index in [-0.39, 0.29) is 0 Å². The highest BCUT2D eigenvalue weighted by Crippen LogP contribution is 2.10. The summed E-state index contributed by atoms with van der Waals surface area (Å²) in [7, 11) is 0. The lowest BCUT2D eigenvalue weighted by Crippen LogP contribution is -2.32. The summed E-state index contributed by atoms with van der Waals surface area (Å²) in [6.07, 6.45) is 3.94. The van der Waals surface area contributed by atoms with Crippen LogP contribution in [0.2, 0.25) is 0 Å². The summed E-state index contributed by atoms with van der Waals surface area (Å²) in [5.41, 5.74) is 2.70. The molecule has 96 valence electrons. The Morgan fingerprint density at radius 3 is 2.53 bits per heavy atom. The third-order valence-electron chi connectivity index (χ3n) is 3.58. The molecule has 0 saturated carbocycles. The number of hydrogen-bond acceptors (Lipinski definition) is 2. The van der Waals surface area contributed by atoms with E-state index in [1.54, 1.807) is 0 Å². The summed E-state index contributed by atoms with van der Waals surface area (Å²) in [6.45, 7) is 8.53. The third kappa shape index (κ3) is 3.58. The van der Waals surface area contributed by atoms with E-state index < -0.39 is 0 Å². The van der Waals surface area contributed by atoms with Gasteiger partial charge in [0.1, 0.15) is 0 Å². The number of rotatable bonds is 5. The van der Waals surface area contributed by atoms with Crippen molar-refractivity contribution in [3.63, 3.8) is 0 Å². The van der Waals surface area contributed by atoms with Gasteiger partial charge in [0, 0.05) is 24.5 Å². The summed E-state index contributed by atoms with van der Waals surface area (Å²) < 4.78 is 8.27. The van der Waals surface area contributed by atoms with Crippen molar-refractivity contribution >= 4 is 0 Å². The van der Waals surface area contributed by atoms with Gasteiger partial charge >= 0.3 is 0 Å². The first kappa shape index (κ1) is 12.7. The van der Waals surface area contributed by atoms with Gasteiger partial charge in [0.25, 0.3) is 0 Å². The summed E-state index contributed by atoms with van der Waals surface area (Å²) in [6, 6.07) is 4.37. The highest BCUT2D eigenvalue weighted by Gasteiger charge is 2.12. The van der Waals surface area contributed by atoms with Crippen molar-refractivity contribution < 1.29 is 4.74 Å². The van der Waals surface area contributed by atoms with Crippen LogP contribution in [-0.4, -0.2) is 30.4 Å². The fraction of sp³-hybridized carbons (Fsp3) is 0.714. The molecule has 0 unspecified atom stereocenters. The average Bonchev–Trinajstić information content (AvgIpc) is 2.67. The maximum Gasteiger partial charge on any atom is 0.0599 e. The number of aryl methyl sites for hydroxylation is 2. The van der Waals surface area contributed by atoms with Crippen LogP contribution in [-0.2, 0) is 11.3 Å². The molecule has 3 heteroatoms. The topological polar surface area (TPSA) is 26.2 Å². The monoisotopic (exact) mass is 236 g/mol. The number of ether oxygens (including phenoxy) is 1. The fourth-order valence-corrected chi connectivity index (χ4v) is 2.49. The Morgan fingerprint density at radius 2 is 1.88 bits per heavy atom. The Balaban J connectivity index is 1.66. The van der Waals surface area contributed by atoms with E-state index in [0.717, 1.165) is 32.7 Å². The predicted octanol–water partition coefficient (Wildman–Crippen LogP) is 2.26. The molecule has 0 bridgehead atoms. The van der Waals surface area contributed by atoms with Gasteiger partial charge in [0.15, 0.2) is 0 Å². The number of aromatic nitrogens is 1. The molecule has 0 amide bonds. The first-order valence-electron chi connectivity index (χ1n) is 6.72. The van der Waals surface area contributed by atoms with Crippen LogP contribution in [0.1, 0.15) is 30.7 Å². The smallest absolute Gasteiger partial charge is 0.0599 e. The molecule has 1 aromatic rings. The van der Waals surface area contributed by atoms with Crippen molar-refractivity contribution in [2.24, 2.45) is 0 Å². The van der Waals surface area contributed by atoms with Gasteiger partial charge < -0.3 is 14.6 Å². The maximum absolute atomic E-state index is 5.91. The van der Waals surface area contributed by atoms with Crippen molar-refractivity contribution in [1.29, 1.82) is 0 Å². The van der Waals surface area contributed by atoms with Crippen molar-refractivity contribution in [2.45, 2.75) is 45.8 Å². The SMILES string of the molecule is Cc1ccc(C)n1CCCOC1CCNCC1. The summed E-state index contributed by atoms with van der Waals surface area (Å²) >= 11 is 0. The molecular formula is C14H24N2O. The summed E-state index contributed by atoms with van der Waals surface area (Å²) in [5.74, 6) is 0. The lowest BCUT2D eigenvalue weighted by molar-refractivity contribution is 0.0300. The Bertz CT molecular complexity index is 320. The van der Waals surface area contributed by atoms with Gasteiger partial charge in [-0.05, 0) is 58.3 Å². The standard InChI is InChI=1S/C14H24N2O/c1-12-4-5-13(2)16(12)10-3-11-17-14-6-8-15-9-7-14/h4-5,14-15H,3,6-11H2,1-2H3. The Hall–Kier alpha value is -0.800. The molecule has 1 fully saturated rings. The van der Waals surface area contributed by atoms with E-state index in [2.05, 4.69) is 35.9 Å². The maximum atomic E-state index is 5.91. The highest BCUT2D eigenvalue weighted by atomic mass is 16.5. The largest absolute Gasteiger partial charge is 0.378 e. The number of nitrogens with zero attached hydrogens (tertiary/aromatic N) is 1. The minimum Gasteiger partial charge on any atom is -0.378 e. The zero-order valence-corrected chi connectivity index (χ0v) is 11.0. The summed E-state index contributed by atoms with van der Waals surface area (Å²) in [5, 5.41) is 3.36. The second-order valence-electron chi connectivity index (χ2n) is 4.94. The van der Waals surface area contributed by atoms with Gasteiger partial charge in [-0.3, -0.25) is 0 Å². The lowest BCUT2D eigenvalue weighted by Gasteiger charge is -2.23. The first-order valence-corrected chi connectivity index (χ1v) is 6.72. The van der Waals surface area contributed by atoms with Crippen molar-refractivity contribution in [2.75, 3.05) is 19.7 Å². The van der Waals surface area contributed by atoms with Crippen LogP contribution in [0.4, 0.5) is 0 Å². The number of nitrogens with one attached hydrogen (secondary N) is 1. The van der Waals surface area contributed by atoms with Gasteiger partial charge in [0.2, 0.25) is 0 Å². The van der Waals surface area contributed by atoms with E-state index >= 15 is 0 Å². The highest BCUT2D eigenvalue weighted by molar-refractivity contribution is 5.13. The molecule has 0 aliphatic carbocycles. The van der Waals surface area contributed by atoms with Crippen LogP contribution in [0.15, 0.2) is 12.1 Å². The molecule has 1 aromatic heterocycles. The molecule has 0 aromatic carbocycles. The number of hydrogen-bond donors (Lipinski definition) is 1. The van der Waals surface area contributed by atoms with Gasteiger partial charge in [-0.25, -0.2) is 0 Å². The molecule has 0 atom stereocenters. The molecule has 1 aliphatic heterocycles. The quantitative estimate of drug-likeness (QED) is 0.794. The molecule has 0 spiro atoms. The molecule has 2 heterocycles. The van der Waals surface area contributed by atoms with Gasteiger partial charge in [-0.15, -0.1) is 0 Å². The van der Waals surface area contributed by atoms with Crippen molar-refractivity contribution in [1.82, 2.24) is 9.88 Å². The zero-order valence-electron chi connectivity index (χ0n) is 11.0. The van der Waals surface area contributed by atoms with Gasteiger partial charge in [-0.1, -0.05) is 0 Å². The Morgan fingerprint density at radius 1 is 1.24 bits per heavy atom. The Kier molecular flexibility index (Phi) is 4.63. The van der Waals surface area contributed by atoms with Crippen molar-refractivity contribution in [3.05, 3.63) is 23.5 Å². The van der Waals surface area contributed by atoms with E-state index in [1.165, 1.54) is 24.2 Å². The second-order valence-corrected chi connectivity index (χ2v) is 4.94. The second kappa shape index (κ2) is 6.22. The fourth-order valence-electron chi connectivity index (χ4n) is 2.49. The van der Waals surface area contributed by atoms with Crippen LogP contribution in [0.3, 0.4) is 0 Å². The van der Waals surface area contributed by atoms with Crippen LogP contribution in [0.25, 0.3) is 0 Å². The van der Waals surface area contributed by atoms with E-state index in [0.29, 0.717) is 6.10 Å². The molecule has 1 saturated heterocycles. The molecule has 1 aliphatic rings. The summed E-state index contributed by atoms with van der Waals surface area (Å²) in [4.78, 5) is 0. The molecule has 3 nitrogen and oxygen atoms in total. The van der Waals surface area contributed by atoms with Crippen LogP contribution in [0.5, 0.6) is 0 Å². The Labute approximate surface area is 104 Å². The zero-order chi connectivity index (χ0) is 12.1. The van der Waals surface area contributed by atoms with E-state index in [9.17, 15) is 0 Å². The first-order chi connectivity index (χ1) is 8.27. The minimum atomic E-state index is 0.489. The average molecular weight is 236 g/mol. The molecule has 1 N–H and O–H groups in total. The van der Waals surface area contributed by atoms with E-state index in [1.807, 2.05) is 0 Å². The van der Waals surface area contributed by atoms with Crippen molar-refractivity contribution in [3.8, 4) is 0 Å². The predicted molar refractivity (Wildman–Crippen MR) is 70.4 cm³/mol. The molecule has 0 radical (unpaired) electrons. The van der Waals surface area contributed by atoms with E-state index in [4.69, 9.17) is 4.74 Å². The third-order valence-corrected chi connectivity index (χ3v) is 3.58.